The first kappa shape index (κ1) is 11.9. The van der Waals surface area contributed by atoms with E-state index in [1.165, 1.54) is 0 Å². The van der Waals surface area contributed by atoms with Crippen LogP contribution < -0.4 is 5.73 Å². The van der Waals surface area contributed by atoms with Crippen molar-refractivity contribution in [3.8, 4) is 11.7 Å². The smallest absolute Gasteiger partial charge is 0.295 e. The van der Waals surface area contributed by atoms with Gasteiger partial charge in [-0.2, -0.15) is 9.97 Å². The van der Waals surface area contributed by atoms with Gasteiger partial charge >= 0.3 is 0 Å². The Hall–Kier alpha value is -1.57. The summed E-state index contributed by atoms with van der Waals surface area (Å²) < 4.78 is 5.23. The number of aromatic nitrogens is 5. The molecule has 0 fully saturated rings. The molecule has 0 aromatic carbocycles. The Kier molecular flexibility index (Phi) is 3.05. The molecule has 3 N–H and O–H groups in total. The molecule has 0 spiro atoms. The van der Waals surface area contributed by atoms with E-state index >= 15 is 0 Å². The van der Waals surface area contributed by atoms with Crippen molar-refractivity contribution < 1.29 is 4.52 Å². The second kappa shape index (κ2) is 4.36. The second-order valence-electron chi connectivity index (χ2n) is 4.46. The van der Waals surface area contributed by atoms with Crippen molar-refractivity contribution in [1.82, 2.24) is 25.3 Å². The van der Waals surface area contributed by atoms with E-state index in [9.17, 15) is 0 Å². The summed E-state index contributed by atoms with van der Waals surface area (Å²) >= 11 is 1.74. The van der Waals surface area contributed by atoms with E-state index in [1.54, 1.807) is 11.8 Å². The van der Waals surface area contributed by atoms with Crippen LogP contribution >= 0.6 is 11.8 Å². The fraction of sp³-hybridized carbons (Fsp3) is 0.556. The molecule has 2 rings (SSSR count). The standard InChI is InChI=1S/C9H14N6OS/c1-9(2,3)17-4-5-11-7(16-15-5)6-12-8(10)14-13-6/h4H2,1-3H3,(H3,10,12,13,14). The molecule has 7 nitrogen and oxygen atoms in total. The van der Waals surface area contributed by atoms with Crippen LogP contribution in [0.5, 0.6) is 0 Å². The quantitative estimate of drug-likeness (QED) is 0.854. The molecule has 0 radical (unpaired) electrons. The Morgan fingerprint density at radius 2 is 2.12 bits per heavy atom. The Morgan fingerprint density at radius 3 is 2.71 bits per heavy atom. The van der Waals surface area contributed by atoms with Crippen LogP contribution in [0.3, 0.4) is 0 Å². The van der Waals surface area contributed by atoms with Gasteiger partial charge in [-0.3, -0.25) is 5.10 Å². The maximum atomic E-state index is 5.39. The molecule has 2 aromatic heterocycles. The normalized spacial score (nSPS) is 11.9. The number of nitrogen functional groups attached to an aromatic ring is 1. The van der Waals surface area contributed by atoms with E-state index in [2.05, 4.69) is 46.1 Å². The molecular weight excluding hydrogens is 240 g/mol. The molecule has 2 heterocycles. The second-order valence-corrected chi connectivity index (χ2v) is 6.26. The fourth-order valence-corrected chi connectivity index (χ4v) is 1.74. The Balaban J connectivity index is 2.06. The highest BCUT2D eigenvalue weighted by Gasteiger charge is 2.16. The first-order chi connectivity index (χ1) is 7.94. The van der Waals surface area contributed by atoms with Crippen molar-refractivity contribution in [1.29, 1.82) is 0 Å². The van der Waals surface area contributed by atoms with E-state index in [0.717, 1.165) is 0 Å². The third-order valence-electron chi connectivity index (χ3n) is 1.81. The lowest BCUT2D eigenvalue weighted by atomic mass is 10.3. The van der Waals surface area contributed by atoms with Gasteiger partial charge in [-0.05, 0) is 0 Å². The van der Waals surface area contributed by atoms with Gasteiger partial charge in [0.2, 0.25) is 11.8 Å². The number of nitrogens with zero attached hydrogens (tertiary/aromatic N) is 4. The van der Waals surface area contributed by atoms with E-state index in [1.807, 2.05) is 0 Å². The van der Waals surface area contributed by atoms with Crippen molar-refractivity contribution in [2.24, 2.45) is 0 Å². The van der Waals surface area contributed by atoms with E-state index in [-0.39, 0.29) is 10.7 Å². The van der Waals surface area contributed by atoms with Crippen LogP contribution in [0.4, 0.5) is 5.95 Å². The summed E-state index contributed by atoms with van der Waals surface area (Å²) in [5, 5.41) is 10.2. The van der Waals surface area contributed by atoms with Gasteiger partial charge in [0.05, 0.1) is 5.75 Å². The lowest BCUT2D eigenvalue weighted by molar-refractivity contribution is 0.422. The van der Waals surface area contributed by atoms with E-state index in [0.29, 0.717) is 23.3 Å². The SMILES string of the molecule is CC(C)(C)SCc1noc(-c2nc(N)n[nH]2)n1. The van der Waals surface area contributed by atoms with Crippen LogP contribution in [0.2, 0.25) is 0 Å². The summed E-state index contributed by atoms with van der Waals surface area (Å²) in [5.41, 5.74) is 5.39. The summed E-state index contributed by atoms with van der Waals surface area (Å²) in [6.45, 7) is 6.40. The summed E-state index contributed by atoms with van der Waals surface area (Å²) in [6, 6.07) is 0. The molecule has 0 bridgehead atoms. The molecule has 0 saturated heterocycles. The minimum absolute atomic E-state index is 0.156. The van der Waals surface area contributed by atoms with Crippen LogP contribution in [0.1, 0.15) is 26.6 Å². The Bertz CT molecular complexity index is 500. The van der Waals surface area contributed by atoms with Crippen molar-refractivity contribution >= 4 is 17.7 Å². The number of anilines is 1. The van der Waals surface area contributed by atoms with E-state index in [4.69, 9.17) is 10.3 Å². The highest BCUT2D eigenvalue weighted by molar-refractivity contribution is 7.99. The fourth-order valence-electron chi connectivity index (χ4n) is 1.06. The van der Waals surface area contributed by atoms with Crippen molar-refractivity contribution in [3.05, 3.63) is 5.82 Å². The molecule has 8 heteroatoms. The Labute approximate surface area is 103 Å². The molecule has 17 heavy (non-hydrogen) atoms. The zero-order valence-corrected chi connectivity index (χ0v) is 10.7. The zero-order valence-electron chi connectivity index (χ0n) is 9.89. The minimum Gasteiger partial charge on any atom is -0.366 e. The summed E-state index contributed by atoms with van der Waals surface area (Å²) in [4.78, 5) is 8.12. The number of rotatable bonds is 3. The van der Waals surface area contributed by atoms with Crippen molar-refractivity contribution in [2.45, 2.75) is 31.3 Å². The van der Waals surface area contributed by atoms with Crippen LogP contribution in [0, 0.1) is 0 Å². The predicted octanol–water partition coefficient (Wildman–Crippen LogP) is 1.47. The van der Waals surface area contributed by atoms with Crippen LogP contribution in [0.15, 0.2) is 4.52 Å². The molecule has 2 aromatic rings. The summed E-state index contributed by atoms with van der Waals surface area (Å²) in [7, 11) is 0. The maximum Gasteiger partial charge on any atom is 0.295 e. The first-order valence-electron chi connectivity index (χ1n) is 5.09. The topological polar surface area (TPSA) is 107 Å². The number of hydrogen-bond donors (Lipinski definition) is 2. The molecular formula is C9H14N6OS. The van der Waals surface area contributed by atoms with Crippen LogP contribution in [-0.4, -0.2) is 30.1 Å². The van der Waals surface area contributed by atoms with Gasteiger partial charge in [0, 0.05) is 4.75 Å². The Morgan fingerprint density at radius 1 is 1.35 bits per heavy atom. The monoisotopic (exact) mass is 254 g/mol. The largest absolute Gasteiger partial charge is 0.366 e. The van der Waals surface area contributed by atoms with Crippen LogP contribution in [-0.2, 0) is 5.75 Å². The van der Waals surface area contributed by atoms with Gasteiger partial charge < -0.3 is 10.3 Å². The first-order valence-corrected chi connectivity index (χ1v) is 6.07. The number of nitrogens with one attached hydrogen (secondary N) is 1. The molecule has 0 aliphatic rings. The van der Waals surface area contributed by atoms with Gasteiger partial charge in [-0.15, -0.1) is 16.9 Å². The molecule has 0 unspecified atom stereocenters. The minimum atomic E-state index is 0.156. The third-order valence-corrected chi connectivity index (χ3v) is 3.08. The number of aromatic amines is 1. The van der Waals surface area contributed by atoms with Gasteiger partial charge in [-0.25, -0.2) is 0 Å². The number of hydrogen-bond acceptors (Lipinski definition) is 7. The summed E-state index contributed by atoms with van der Waals surface area (Å²) in [5.74, 6) is 2.18. The van der Waals surface area contributed by atoms with E-state index < -0.39 is 0 Å². The molecule has 0 atom stereocenters. The summed E-state index contributed by atoms with van der Waals surface area (Å²) in [6.07, 6.45) is 0. The van der Waals surface area contributed by atoms with Gasteiger partial charge in [0.1, 0.15) is 0 Å². The zero-order chi connectivity index (χ0) is 12.5. The van der Waals surface area contributed by atoms with Gasteiger partial charge in [0.25, 0.3) is 5.89 Å². The molecule has 0 aliphatic heterocycles. The third kappa shape index (κ3) is 3.19. The number of H-pyrrole nitrogens is 1. The average molecular weight is 254 g/mol. The molecule has 0 aliphatic carbocycles. The average Bonchev–Trinajstić information content (AvgIpc) is 2.81. The maximum absolute atomic E-state index is 5.39. The highest BCUT2D eigenvalue weighted by atomic mass is 32.2. The lowest BCUT2D eigenvalue weighted by Crippen LogP contribution is -2.07. The molecule has 0 amide bonds. The van der Waals surface area contributed by atoms with Crippen molar-refractivity contribution in [2.75, 3.05) is 5.73 Å². The van der Waals surface area contributed by atoms with Crippen molar-refractivity contribution in [3.63, 3.8) is 0 Å². The number of thioether (sulfide) groups is 1. The lowest BCUT2D eigenvalue weighted by Gasteiger charge is -2.15. The predicted molar refractivity (Wildman–Crippen MR) is 65.1 cm³/mol. The van der Waals surface area contributed by atoms with Crippen LogP contribution in [0.25, 0.3) is 11.7 Å². The molecule has 92 valence electrons. The molecule has 0 saturated carbocycles. The number of nitrogens with two attached hydrogens (primary N) is 1. The van der Waals surface area contributed by atoms with Gasteiger partial charge in [-0.1, -0.05) is 25.9 Å². The van der Waals surface area contributed by atoms with Gasteiger partial charge in [0.15, 0.2) is 5.82 Å². The highest BCUT2D eigenvalue weighted by Crippen LogP contribution is 2.26.